The molecule has 0 saturated carbocycles. The topological polar surface area (TPSA) is 68.2 Å². The second kappa shape index (κ2) is 8.79. The van der Waals surface area contributed by atoms with E-state index in [0.29, 0.717) is 11.0 Å². The Morgan fingerprint density at radius 2 is 2.21 bits per heavy atom. The van der Waals surface area contributed by atoms with Crippen LogP contribution in [0.25, 0.3) is 0 Å². The van der Waals surface area contributed by atoms with Gasteiger partial charge in [0, 0.05) is 51.5 Å². The number of hydrogen-bond donors (Lipinski definition) is 2. The van der Waals surface area contributed by atoms with Crippen molar-refractivity contribution in [1.29, 1.82) is 0 Å². The second-order valence-electron chi connectivity index (χ2n) is 7.27. The zero-order valence-electron chi connectivity index (χ0n) is 16.2. The van der Waals surface area contributed by atoms with E-state index in [2.05, 4.69) is 54.7 Å². The summed E-state index contributed by atoms with van der Waals surface area (Å²) in [7, 11) is 0. The summed E-state index contributed by atoms with van der Waals surface area (Å²) in [4.78, 5) is 13.3. The molecule has 2 N–H and O–H groups in total. The molecule has 7 nitrogen and oxygen atoms in total. The first kappa shape index (κ1) is 19.0. The molecule has 1 aromatic heterocycles. The van der Waals surface area contributed by atoms with Crippen LogP contribution in [-0.2, 0) is 0 Å². The van der Waals surface area contributed by atoms with Crippen molar-refractivity contribution in [1.82, 2.24) is 20.6 Å². The van der Waals surface area contributed by atoms with Crippen molar-refractivity contribution < 1.29 is 0 Å². The fourth-order valence-corrected chi connectivity index (χ4v) is 4.21. The third-order valence-electron chi connectivity index (χ3n) is 5.63. The highest BCUT2D eigenvalue weighted by Gasteiger charge is 2.31. The van der Waals surface area contributed by atoms with Crippen LogP contribution in [0.2, 0.25) is 0 Å². The third-order valence-corrected chi connectivity index (χ3v) is 5.98. The average Bonchev–Trinajstić information content (AvgIpc) is 2.77. The molecule has 4 heterocycles. The maximum atomic E-state index is 5.60. The monoisotopic (exact) mass is 397 g/mol. The number of fused-ring (bicyclic) bond motifs is 1. The van der Waals surface area contributed by atoms with Crippen molar-refractivity contribution in [3.8, 4) is 0 Å². The number of anilines is 1. The van der Waals surface area contributed by atoms with Gasteiger partial charge in [-0.3, -0.25) is 15.4 Å². The third kappa shape index (κ3) is 4.07. The zero-order valence-corrected chi connectivity index (χ0v) is 17.0. The van der Waals surface area contributed by atoms with E-state index in [1.165, 1.54) is 0 Å². The molecule has 2 fully saturated rings. The summed E-state index contributed by atoms with van der Waals surface area (Å²) in [5.41, 5.74) is 6.36. The molecule has 0 spiro atoms. The summed E-state index contributed by atoms with van der Waals surface area (Å²) in [6, 6.07) is 4.34. The lowest BCUT2D eigenvalue weighted by atomic mass is 9.86. The van der Waals surface area contributed by atoms with E-state index in [4.69, 9.17) is 12.2 Å². The molecular weight excluding hydrogens is 370 g/mol. The summed E-state index contributed by atoms with van der Waals surface area (Å²) in [5.74, 6) is 0.477. The molecule has 4 rings (SSSR count). The number of piperidine rings is 1. The molecule has 2 unspecified atom stereocenters. The van der Waals surface area contributed by atoms with Crippen LogP contribution >= 0.6 is 12.2 Å². The lowest BCUT2D eigenvalue weighted by molar-refractivity contribution is 0.381. The van der Waals surface area contributed by atoms with Gasteiger partial charge in [0.1, 0.15) is 0 Å². The van der Waals surface area contributed by atoms with E-state index in [0.717, 1.165) is 62.7 Å². The van der Waals surface area contributed by atoms with Crippen molar-refractivity contribution in [2.24, 2.45) is 16.0 Å². The van der Waals surface area contributed by atoms with Crippen molar-refractivity contribution in [3.05, 3.63) is 36.8 Å². The molecule has 1 aromatic rings. The first-order valence-electron chi connectivity index (χ1n) is 10.0. The Morgan fingerprint density at radius 3 is 2.96 bits per heavy atom. The molecule has 8 heteroatoms. The average molecular weight is 398 g/mol. The summed E-state index contributed by atoms with van der Waals surface area (Å²) < 4.78 is 0. The lowest BCUT2D eigenvalue weighted by Gasteiger charge is -2.37. The van der Waals surface area contributed by atoms with Gasteiger partial charge in [-0.15, -0.1) is 0 Å². The standard InChI is InChI=1S/C20H27N7S/c1-2-15-5-8-23-19-17(6-9-22-18(15)19)24-25-20(28)27-12-10-26(11-13-27)16-4-3-7-21-14-16/h3-5,7-8,14-15,18,22H,2,6,9-13H2,1H3,(H,25,28)/b24-17-. The normalized spacial score (nSPS) is 26.0. The molecule has 0 radical (unpaired) electrons. The molecule has 2 saturated heterocycles. The maximum Gasteiger partial charge on any atom is 0.189 e. The van der Waals surface area contributed by atoms with Crippen LogP contribution in [-0.4, -0.2) is 65.2 Å². The summed E-state index contributed by atoms with van der Waals surface area (Å²) in [5, 5.41) is 8.91. The number of hydrazone groups is 1. The van der Waals surface area contributed by atoms with Gasteiger partial charge >= 0.3 is 0 Å². The minimum absolute atomic E-state index is 0.265. The number of aromatic nitrogens is 1. The summed E-state index contributed by atoms with van der Waals surface area (Å²) >= 11 is 5.60. The number of nitrogens with zero attached hydrogens (tertiary/aromatic N) is 5. The first-order chi connectivity index (χ1) is 13.8. The molecule has 28 heavy (non-hydrogen) atoms. The summed E-state index contributed by atoms with van der Waals surface area (Å²) in [6.07, 6.45) is 9.77. The van der Waals surface area contributed by atoms with Gasteiger partial charge in [-0.25, -0.2) is 0 Å². The molecule has 0 aromatic carbocycles. The van der Waals surface area contributed by atoms with Crippen LogP contribution in [0.4, 0.5) is 5.69 Å². The van der Waals surface area contributed by atoms with Gasteiger partial charge in [-0.1, -0.05) is 13.0 Å². The Kier molecular flexibility index (Phi) is 5.97. The maximum absolute atomic E-state index is 5.60. The number of aliphatic imine (C=N–C) groups is 1. The van der Waals surface area contributed by atoms with Crippen LogP contribution in [0.15, 0.2) is 46.9 Å². The van der Waals surface area contributed by atoms with Crippen LogP contribution < -0.4 is 15.6 Å². The van der Waals surface area contributed by atoms with Gasteiger partial charge in [0.05, 0.1) is 29.3 Å². The molecule has 2 atom stereocenters. The lowest BCUT2D eigenvalue weighted by Crippen LogP contribution is -2.53. The number of rotatable bonds is 3. The van der Waals surface area contributed by atoms with Gasteiger partial charge < -0.3 is 15.1 Å². The van der Waals surface area contributed by atoms with Crippen molar-refractivity contribution in [3.63, 3.8) is 0 Å². The fraction of sp³-hybridized carbons (Fsp3) is 0.500. The smallest absolute Gasteiger partial charge is 0.189 e. The van der Waals surface area contributed by atoms with E-state index in [9.17, 15) is 0 Å². The van der Waals surface area contributed by atoms with Gasteiger partial charge in [0.2, 0.25) is 0 Å². The molecule has 0 aliphatic carbocycles. The molecule has 0 amide bonds. The first-order valence-corrected chi connectivity index (χ1v) is 10.4. The van der Waals surface area contributed by atoms with Gasteiger partial charge in [-0.05, 0) is 36.7 Å². The predicted molar refractivity (Wildman–Crippen MR) is 118 cm³/mol. The largest absolute Gasteiger partial charge is 0.367 e. The predicted octanol–water partition coefficient (Wildman–Crippen LogP) is 1.79. The van der Waals surface area contributed by atoms with Gasteiger partial charge in [0.25, 0.3) is 0 Å². The van der Waals surface area contributed by atoms with Crippen LogP contribution in [0.3, 0.4) is 0 Å². The Hall–Kier alpha value is -2.32. The SMILES string of the molecule is CCC1C=CN=C2/C(=N\NC(=S)N3CCN(c4cccnc4)CC3)CCNC21. The van der Waals surface area contributed by atoms with Crippen LogP contribution in [0.5, 0.6) is 0 Å². The Morgan fingerprint density at radius 1 is 1.36 bits per heavy atom. The quantitative estimate of drug-likeness (QED) is 0.599. The van der Waals surface area contributed by atoms with Crippen LogP contribution in [0.1, 0.15) is 19.8 Å². The zero-order chi connectivity index (χ0) is 19.3. The van der Waals surface area contributed by atoms with E-state index in [-0.39, 0.29) is 6.04 Å². The van der Waals surface area contributed by atoms with Crippen molar-refractivity contribution in [2.45, 2.75) is 25.8 Å². The molecule has 0 bridgehead atoms. The van der Waals surface area contributed by atoms with E-state index >= 15 is 0 Å². The second-order valence-corrected chi connectivity index (χ2v) is 7.66. The van der Waals surface area contributed by atoms with E-state index in [1.54, 1.807) is 6.20 Å². The molecule has 3 aliphatic rings. The molecular formula is C20H27N7S. The van der Waals surface area contributed by atoms with E-state index in [1.807, 2.05) is 18.5 Å². The Balaban J connectivity index is 1.34. The summed E-state index contributed by atoms with van der Waals surface area (Å²) in [6.45, 7) is 6.72. The molecule has 3 aliphatic heterocycles. The fourth-order valence-electron chi connectivity index (χ4n) is 3.98. The highest BCUT2D eigenvalue weighted by Crippen LogP contribution is 2.21. The minimum Gasteiger partial charge on any atom is -0.367 e. The van der Waals surface area contributed by atoms with Crippen LogP contribution in [0, 0.1) is 5.92 Å². The number of piperazine rings is 1. The number of nitrogens with one attached hydrogen (secondary N) is 2. The number of hydrogen-bond acceptors (Lipinski definition) is 6. The highest BCUT2D eigenvalue weighted by atomic mass is 32.1. The molecule has 148 valence electrons. The van der Waals surface area contributed by atoms with Crippen molar-refractivity contribution >= 4 is 34.4 Å². The van der Waals surface area contributed by atoms with Crippen molar-refractivity contribution in [2.75, 3.05) is 37.6 Å². The number of thiocarbonyl (C=S) groups is 1. The Bertz CT molecular complexity index is 781. The van der Waals surface area contributed by atoms with Gasteiger partial charge in [-0.2, -0.15) is 5.10 Å². The number of pyridine rings is 1. The van der Waals surface area contributed by atoms with E-state index < -0.39 is 0 Å². The van der Waals surface area contributed by atoms with Gasteiger partial charge in [0.15, 0.2) is 5.11 Å². The minimum atomic E-state index is 0.265. The highest BCUT2D eigenvalue weighted by molar-refractivity contribution is 7.80. The Labute approximate surface area is 171 Å².